The number of ether oxygens (including phenoxy) is 1. The van der Waals surface area contributed by atoms with Crippen LogP contribution in [0.4, 0.5) is 42.1 Å². The molecule has 0 unspecified atom stereocenters. The van der Waals surface area contributed by atoms with Crippen LogP contribution in [-0.4, -0.2) is 68.7 Å². The fourth-order valence-electron chi connectivity index (χ4n) is 5.67. The van der Waals surface area contributed by atoms with Crippen LogP contribution in [0.25, 0.3) is 10.1 Å². The number of thiophene rings is 1. The van der Waals surface area contributed by atoms with Gasteiger partial charge in [0.2, 0.25) is 0 Å². The Morgan fingerprint density at radius 1 is 1.09 bits per heavy atom. The molecule has 0 radical (unpaired) electrons. The number of nitrogens with one attached hydrogen (secondary N) is 2. The number of nitrogens with zero attached hydrogens (tertiary/aromatic N) is 1. The summed E-state index contributed by atoms with van der Waals surface area (Å²) in [5, 5.41) is 6.60. The van der Waals surface area contributed by atoms with Gasteiger partial charge in [0.05, 0.1) is 40.0 Å². The quantitative estimate of drug-likeness (QED) is 0.155. The number of fused-ring (bicyclic) bond motifs is 1. The first-order valence-electron chi connectivity index (χ1n) is 14.1. The Kier molecular flexibility index (Phi) is 9.45. The van der Waals surface area contributed by atoms with E-state index < -0.39 is 44.1 Å². The Hall–Kier alpha value is -2.94. The first-order valence-corrected chi connectivity index (χ1v) is 17.0. The number of hydrogen-bond acceptors (Lipinski definition) is 6. The van der Waals surface area contributed by atoms with Gasteiger partial charge in [-0.2, -0.15) is 13.2 Å². The lowest BCUT2D eigenvalue weighted by Gasteiger charge is -2.33. The number of anilines is 2. The zero-order valence-electron chi connectivity index (χ0n) is 23.7. The van der Waals surface area contributed by atoms with Crippen LogP contribution in [0.15, 0.2) is 36.4 Å². The van der Waals surface area contributed by atoms with Gasteiger partial charge in [-0.05, 0) is 61.5 Å². The molecule has 0 aliphatic carbocycles. The molecular weight excluding hydrogens is 630 g/mol. The van der Waals surface area contributed by atoms with Crippen molar-refractivity contribution in [3.8, 4) is 17.6 Å². The fraction of sp³-hybridized carbons (Fsp3) is 0.467. The van der Waals surface area contributed by atoms with E-state index >= 15 is 0 Å². The second-order valence-corrected chi connectivity index (χ2v) is 15.3. The van der Waals surface area contributed by atoms with Crippen LogP contribution in [0.2, 0.25) is 0 Å². The summed E-state index contributed by atoms with van der Waals surface area (Å²) >= 11 is 1.05. The minimum absolute atomic E-state index is 0.0134. The van der Waals surface area contributed by atoms with Gasteiger partial charge in [-0.3, -0.25) is 0 Å². The van der Waals surface area contributed by atoms with Crippen molar-refractivity contribution < 1.29 is 40.0 Å². The van der Waals surface area contributed by atoms with Gasteiger partial charge in [0.15, 0.2) is 5.75 Å². The minimum Gasteiger partial charge on any atom is -0.404 e. The van der Waals surface area contributed by atoms with Crippen LogP contribution in [-0.2, 0) is 11.0 Å². The van der Waals surface area contributed by atoms with E-state index in [0.29, 0.717) is 46.4 Å². The second kappa shape index (κ2) is 12.8. The summed E-state index contributed by atoms with van der Waals surface area (Å²) in [4.78, 5) is 2.04. The lowest BCUT2D eigenvalue weighted by Crippen LogP contribution is -2.46. The standard InChI is InChI=1S/C30H31F7N3O2PS/c1-40-13-11-23(22(31)18-40)39-25-7-4-6-20-21(17-29(32,33)34)27(44-28(20)25)8-5-12-38-24-10-9-19(43(41)14-2-3-15-43)16-26(24)42-30(35,36)37/h4,6-7,9-10,16,22-23,38-39H,2-3,11-15,17-18H2,1H3/t22-,23-/m1/s1. The molecule has 2 aromatic carbocycles. The van der Waals surface area contributed by atoms with E-state index in [1.54, 1.807) is 18.2 Å². The molecule has 2 aliphatic heterocycles. The largest absolute Gasteiger partial charge is 0.573 e. The maximum atomic E-state index is 14.7. The summed E-state index contributed by atoms with van der Waals surface area (Å²) in [7, 11) is -0.964. The molecule has 0 saturated carbocycles. The van der Waals surface area contributed by atoms with E-state index in [-0.39, 0.29) is 29.2 Å². The first-order chi connectivity index (χ1) is 20.7. The van der Waals surface area contributed by atoms with Crippen molar-refractivity contribution in [1.82, 2.24) is 4.90 Å². The molecule has 0 amide bonds. The molecule has 2 atom stereocenters. The second-order valence-electron chi connectivity index (χ2n) is 11.1. The smallest absolute Gasteiger partial charge is 0.404 e. The number of halogens is 7. The lowest BCUT2D eigenvalue weighted by atomic mass is 10.0. The molecule has 3 aromatic rings. The van der Waals surface area contributed by atoms with Gasteiger partial charge >= 0.3 is 12.5 Å². The topological polar surface area (TPSA) is 53.6 Å². The van der Waals surface area contributed by atoms with E-state index in [1.807, 2.05) is 11.9 Å². The van der Waals surface area contributed by atoms with E-state index in [0.717, 1.165) is 30.2 Å². The van der Waals surface area contributed by atoms with E-state index in [4.69, 9.17) is 0 Å². The predicted molar refractivity (Wildman–Crippen MR) is 161 cm³/mol. The summed E-state index contributed by atoms with van der Waals surface area (Å²) in [6, 6.07) is 8.40. The van der Waals surface area contributed by atoms with Crippen molar-refractivity contribution >= 4 is 45.2 Å². The monoisotopic (exact) mass is 661 g/mol. The Bertz CT molecular complexity index is 1600. The maximum Gasteiger partial charge on any atom is 0.573 e. The molecule has 3 heterocycles. The van der Waals surface area contributed by atoms with Crippen LogP contribution < -0.4 is 20.7 Å². The highest BCUT2D eigenvalue weighted by atomic mass is 32.1. The van der Waals surface area contributed by atoms with E-state index in [2.05, 4.69) is 27.2 Å². The molecular formula is C30H31F7N3O2PS. The lowest BCUT2D eigenvalue weighted by molar-refractivity contribution is -0.274. The third-order valence-corrected chi connectivity index (χ3v) is 12.3. The minimum atomic E-state index is -4.99. The molecule has 14 heteroatoms. The third-order valence-electron chi connectivity index (χ3n) is 7.80. The van der Waals surface area contributed by atoms with E-state index in [9.17, 15) is 35.3 Å². The summed E-state index contributed by atoms with van der Waals surface area (Å²) < 4.78 is 113. The molecule has 2 aliphatic rings. The van der Waals surface area contributed by atoms with Gasteiger partial charge in [0, 0.05) is 30.7 Å². The third kappa shape index (κ3) is 7.82. The number of likely N-dealkylation sites (tertiary alicyclic amines) is 1. The number of piperidine rings is 1. The highest BCUT2D eigenvalue weighted by Gasteiger charge is 2.35. The Morgan fingerprint density at radius 3 is 2.52 bits per heavy atom. The normalized spacial score (nSPS) is 20.7. The highest BCUT2D eigenvalue weighted by Crippen LogP contribution is 2.52. The van der Waals surface area contributed by atoms with Crippen molar-refractivity contribution in [2.45, 2.75) is 50.4 Å². The molecule has 44 heavy (non-hydrogen) atoms. The van der Waals surface area contributed by atoms with Gasteiger partial charge < -0.3 is 24.8 Å². The molecule has 2 saturated heterocycles. The van der Waals surface area contributed by atoms with Crippen molar-refractivity contribution in [1.29, 1.82) is 0 Å². The van der Waals surface area contributed by atoms with Crippen LogP contribution in [0, 0.1) is 11.8 Å². The summed E-state index contributed by atoms with van der Waals surface area (Å²) in [6.45, 7) is 0.730. The highest BCUT2D eigenvalue weighted by molar-refractivity contribution is 7.71. The average Bonchev–Trinajstić information content (AvgIpc) is 3.52. The molecule has 0 bridgehead atoms. The van der Waals surface area contributed by atoms with Gasteiger partial charge in [0.1, 0.15) is 13.3 Å². The Balaban J connectivity index is 1.40. The molecule has 5 rings (SSSR count). The van der Waals surface area contributed by atoms with Crippen molar-refractivity contribution in [3.05, 3.63) is 46.8 Å². The van der Waals surface area contributed by atoms with Crippen molar-refractivity contribution in [3.63, 3.8) is 0 Å². The summed E-state index contributed by atoms with van der Waals surface area (Å²) in [5.74, 6) is 4.94. The molecule has 1 aromatic heterocycles. The van der Waals surface area contributed by atoms with E-state index in [1.165, 1.54) is 12.1 Å². The van der Waals surface area contributed by atoms with Gasteiger partial charge in [-0.25, -0.2) is 4.39 Å². The fourth-order valence-corrected chi connectivity index (χ4v) is 9.75. The summed E-state index contributed by atoms with van der Waals surface area (Å²) in [6.07, 6.45) is -9.02. The van der Waals surface area contributed by atoms with Crippen molar-refractivity contribution in [2.24, 2.45) is 0 Å². The van der Waals surface area contributed by atoms with Gasteiger partial charge in [-0.1, -0.05) is 24.0 Å². The van der Waals surface area contributed by atoms with Crippen LogP contribution in [0.1, 0.15) is 29.7 Å². The van der Waals surface area contributed by atoms with Crippen LogP contribution >= 0.6 is 18.5 Å². The first kappa shape index (κ1) is 32.5. The van der Waals surface area contributed by atoms with Crippen molar-refractivity contribution in [2.75, 3.05) is 49.6 Å². The molecule has 2 fully saturated rings. The molecule has 0 spiro atoms. The Labute approximate surface area is 254 Å². The van der Waals surface area contributed by atoms with Gasteiger partial charge in [-0.15, -0.1) is 24.5 Å². The Morgan fingerprint density at radius 2 is 1.84 bits per heavy atom. The molecule has 238 valence electrons. The number of alkyl halides is 7. The number of hydrogen-bond donors (Lipinski definition) is 2. The van der Waals surface area contributed by atoms with Gasteiger partial charge in [0.25, 0.3) is 0 Å². The SMILES string of the molecule is CN1CC[C@@H](Nc2cccc3c(CC(F)(F)F)c(C#CCNc4ccc(P5(=O)CCCC5)cc4OC(F)(F)F)sc23)[C@H](F)C1. The van der Waals surface area contributed by atoms with Crippen LogP contribution in [0.5, 0.6) is 5.75 Å². The van der Waals surface area contributed by atoms with Crippen LogP contribution in [0.3, 0.4) is 0 Å². The zero-order chi connectivity index (χ0) is 31.7. The summed E-state index contributed by atoms with van der Waals surface area (Å²) in [5.41, 5.74) is 0.471. The average molecular weight is 662 g/mol. The maximum absolute atomic E-state index is 14.7. The predicted octanol–water partition coefficient (Wildman–Crippen LogP) is 7.60. The number of rotatable bonds is 7. The molecule has 2 N–H and O–H groups in total. The number of benzene rings is 2. The zero-order valence-corrected chi connectivity index (χ0v) is 25.5. The molecule has 5 nitrogen and oxygen atoms in total.